The van der Waals surface area contributed by atoms with Gasteiger partial charge in [-0.15, -0.1) is 0 Å². The van der Waals surface area contributed by atoms with Crippen LogP contribution in [0.15, 0.2) is 0 Å². The van der Waals surface area contributed by atoms with E-state index in [0.717, 1.165) is 102 Å². The minimum Gasteiger partial charge on any atom is -0.462 e. The SMILES string of the molecule is CCCCCCCCCCCCCCCCCCCCCCC(=O)O[C@H](COC(=O)CCCCCCCCCCCCCCCCCCC(C)C)COP(=O)(O)OC[C@@H](O)COP(=O)(O)OC[C@@H](COC(=O)CCCCCCCCCCCCCC)OC(=O)CCCCCCCCCCCC(C)C. The lowest BCUT2D eigenvalue weighted by Crippen LogP contribution is -2.30. The quantitative estimate of drug-likeness (QED) is 0.0222. The molecule has 0 heterocycles. The smallest absolute Gasteiger partial charge is 0.462 e. The van der Waals surface area contributed by atoms with Gasteiger partial charge in [-0.1, -0.05) is 395 Å². The van der Waals surface area contributed by atoms with Gasteiger partial charge in [0.1, 0.15) is 19.3 Å². The molecule has 3 N–H and O–H groups in total. The maximum absolute atomic E-state index is 13.1. The lowest BCUT2D eigenvalue weighted by molar-refractivity contribution is -0.161. The Labute approximate surface area is 632 Å². The van der Waals surface area contributed by atoms with Crippen LogP contribution in [-0.4, -0.2) is 96.7 Å². The first-order chi connectivity index (χ1) is 49.9. The predicted molar refractivity (Wildman–Crippen MR) is 423 cm³/mol. The number of carbonyl (C=O) groups is 4. The van der Waals surface area contributed by atoms with E-state index >= 15 is 0 Å². The van der Waals surface area contributed by atoms with Crippen LogP contribution in [-0.2, 0) is 65.4 Å². The van der Waals surface area contributed by atoms with Gasteiger partial charge in [0.05, 0.1) is 26.4 Å². The molecule has 0 rings (SSSR count). The molecule has 0 aliphatic rings. The molecule has 103 heavy (non-hydrogen) atoms. The minimum atomic E-state index is -4.96. The van der Waals surface area contributed by atoms with Gasteiger partial charge >= 0.3 is 39.5 Å². The third-order valence-corrected chi connectivity index (χ3v) is 21.6. The van der Waals surface area contributed by atoms with Crippen LogP contribution < -0.4 is 0 Å². The molecule has 0 aliphatic heterocycles. The number of ether oxygens (including phenoxy) is 4. The molecule has 19 heteroatoms. The van der Waals surface area contributed by atoms with E-state index < -0.39 is 97.5 Å². The molecular weight excluding hydrogens is 1340 g/mol. The van der Waals surface area contributed by atoms with Crippen molar-refractivity contribution in [1.82, 2.24) is 0 Å². The van der Waals surface area contributed by atoms with Crippen molar-refractivity contribution in [2.24, 2.45) is 11.8 Å². The molecule has 0 radical (unpaired) electrons. The fourth-order valence-electron chi connectivity index (χ4n) is 13.1. The summed E-state index contributed by atoms with van der Waals surface area (Å²) in [6, 6.07) is 0. The molecule has 0 aliphatic carbocycles. The second-order valence-corrected chi connectivity index (χ2v) is 34.1. The average molecular weight is 1510 g/mol. The van der Waals surface area contributed by atoms with Crippen molar-refractivity contribution in [1.29, 1.82) is 0 Å². The highest BCUT2D eigenvalue weighted by Gasteiger charge is 2.30. The molecule has 0 spiro atoms. The van der Waals surface area contributed by atoms with Crippen molar-refractivity contribution < 1.29 is 80.2 Å². The van der Waals surface area contributed by atoms with Crippen molar-refractivity contribution in [3.05, 3.63) is 0 Å². The Morgan fingerprint density at radius 3 is 0.660 bits per heavy atom. The van der Waals surface area contributed by atoms with Gasteiger partial charge in [-0.3, -0.25) is 37.3 Å². The standard InChI is InChI=1S/C84H164O17P2/c1-7-9-11-13-15-17-19-21-22-23-24-25-26-31-34-38-44-50-56-62-68-83(88)100-79(72-95-82(87)67-61-55-49-43-37-33-30-28-27-29-32-35-40-46-52-58-64-76(3)4)74-98-102(90,91)96-70-78(85)71-97-103(92,93)99-75-80(101-84(89)69-63-57-51-45-39-41-47-53-59-65-77(5)6)73-94-81(86)66-60-54-48-42-36-20-18-16-14-12-10-8-2/h76-80,85H,7-75H2,1-6H3,(H,90,91)(H,92,93)/t78-,79-,80-/m1/s1. The molecule has 17 nitrogen and oxygen atoms in total. The van der Waals surface area contributed by atoms with E-state index in [1.54, 1.807) is 0 Å². The fraction of sp³-hybridized carbons (Fsp3) is 0.952. The zero-order chi connectivity index (χ0) is 75.6. The molecule has 2 unspecified atom stereocenters. The first kappa shape index (κ1) is 101. The van der Waals surface area contributed by atoms with Gasteiger partial charge in [-0.2, -0.15) is 0 Å². The summed E-state index contributed by atoms with van der Waals surface area (Å²) in [5, 5.41) is 10.7. The molecule has 0 amide bonds. The molecule has 0 saturated heterocycles. The summed E-state index contributed by atoms with van der Waals surface area (Å²) in [6.07, 6.45) is 66.7. The molecule has 0 aromatic heterocycles. The molecule has 5 atom stereocenters. The zero-order valence-electron chi connectivity index (χ0n) is 67.6. The largest absolute Gasteiger partial charge is 0.472 e. The number of phosphoric acid groups is 2. The van der Waals surface area contributed by atoms with Crippen LogP contribution in [0.4, 0.5) is 0 Å². The van der Waals surface area contributed by atoms with Crippen molar-refractivity contribution in [3.8, 4) is 0 Å². The highest BCUT2D eigenvalue weighted by atomic mass is 31.2. The lowest BCUT2D eigenvalue weighted by Gasteiger charge is -2.21. The number of phosphoric ester groups is 2. The van der Waals surface area contributed by atoms with Crippen LogP contribution in [0.25, 0.3) is 0 Å². The predicted octanol–water partition coefficient (Wildman–Crippen LogP) is 25.5. The van der Waals surface area contributed by atoms with Gasteiger partial charge in [-0.25, -0.2) is 9.13 Å². The Hall–Kier alpha value is -1.94. The number of hydrogen-bond acceptors (Lipinski definition) is 15. The van der Waals surface area contributed by atoms with Crippen molar-refractivity contribution in [3.63, 3.8) is 0 Å². The number of aliphatic hydroxyl groups excluding tert-OH is 1. The van der Waals surface area contributed by atoms with Crippen LogP contribution in [0.2, 0.25) is 0 Å². The first-order valence-corrected chi connectivity index (χ1v) is 46.5. The molecule has 0 bridgehead atoms. The topological polar surface area (TPSA) is 237 Å². The van der Waals surface area contributed by atoms with Crippen LogP contribution >= 0.6 is 15.6 Å². The van der Waals surface area contributed by atoms with Crippen LogP contribution in [0.1, 0.15) is 446 Å². The van der Waals surface area contributed by atoms with Crippen molar-refractivity contribution >= 4 is 39.5 Å². The Morgan fingerprint density at radius 2 is 0.447 bits per heavy atom. The average Bonchev–Trinajstić information content (AvgIpc) is 0.918. The molecular formula is C84H164O17P2. The number of hydrogen-bond donors (Lipinski definition) is 3. The maximum atomic E-state index is 13.1. The van der Waals surface area contributed by atoms with E-state index in [4.69, 9.17) is 37.0 Å². The normalized spacial score (nSPS) is 13.9. The summed E-state index contributed by atoms with van der Waals surface area (Å²) in [7, 11) is -9.92. The van der Waals surface area contributed by atoms with Crippen LogP contribution in [0.5, 0.6) is 0 Å². The number of carbonyl (C=O) groups excluding carboxylic acids is 4. The molecule has 0 aromatic carbocycles. The Balaban J connectivity index is 5.23. The van der Waals surface area contributed by atoms with Crippen LogP contribution in [0, 0.1) is 11.8 Å². The Bertz CT molecular complexity index is 1980. The van der Waals surface area contributed by atoms with Crippen LogP contribution in [0.3, 0.4) is 0 Å². The van der Waals surface area contributed by atoms with Gasteiger partial charge in [0, 0.05) is 25.7 Å². The van der Waals surface area contributed by atoms with E-state index in [2.05, 4.69) is 41.5 Å². The first-order valence-electron chi connectivity index (χ1n) is 43.5. The zero-order valence-corrected chi connectivity index (χ0v) is 69.4. The second kappa shape index (κ2) is 75.5. The van der Waals surface area contributed by atoms with Gasteiger partial charge in [0.15, 0.2) is 12.2 Å². The summed E-state index contributed by atoms with van der Waals surface area (Å²) in [4.78, 5) is 73.1. The van der Waals surface area contributed by atoms with Gasteiger partial charge in [0.2, 0.25) is 0 Å². The fourth-order valence-corrected chi connectivity index (χ4v) is 14.6. The van der Waals surface area contributed by atoms with E-state index in [-0.39, 0.29) is 25.7 Å². The lowest BCUT2D eigenvalue weighted by atomic mass is 10.0. The highest BCUT2D eigenvalue weighted by molar-refractivity contribution is 7.47. The van der Waals surface area contributed by atoms with Crippen molar-refractivity contribution in [2.75, 3.05) is 39.6 Å². The molecule has 0 saturated carbocycles. The minimum absolute atomic E-state index is 0.106. The van der Waals surface area contributed by atoms with E-state index in [1.165, 1.54) is 263 Å². The summed E-state index contributed by atoms with van der Waals surface area (Å²) in [5.41, 5.74) is 0. The van der Waals surface area contributed by atoms with Gasteiger partial charge in [-0.05, 0) is 37.5 Å². The number of rotatable bonds is 83. The number of esters is 4. The van der Waals surface area contributed by atoms with E-state index in [0.29, 0.717) is 25.7 Å². The molecule has 0 aromatic rings. The summed E-state index contributed by atoms with van der Waals surface area (Å²) in [5.74, 6) is -0.556. The Morgan fingerprint density at radius 1 is 0.262 bits per heavy atom. The third kappa shape index (κ3) is 78.0. The highest BCUT2D eigenvalue weighted by Crippen LogP contribution is 2.45. The summed E-state index contributed by atoms with van der Waals surface area (Å²) < 4.78 is 68.8. The van der Waals surface area contributed by atoms with Crippen molar-refractivity contribution in [2.45, 2.75) is 464 Å². The Kier molecular flexibility index (Phi) is 74.1. The van der Waals surface area contributed by atoms with E-state index in [1.807, 2.05) is 0 Å². The van der Waals surface area contributed by atoms with Gasteiger partial charge < -0.3 is 33.8 Å². The maximum Gasteiger partial charge on any atom is 0.472 e. The second-order valence-electron chi connectivity index (χ2n) is 31.2. The number of aliphatic hydroxyl groups is 1. The molecule has 0 fully saturated rings. The van der Waals surface area contributed by atoms with Gasteiger partial charge in [0.25, 0.3) is 0 Å². The monoisotopic (exact) mass is 1510 g/mol. The van der Waals surface area contributed by atoms with E-state index in [9.17, 15) is 43.2 Å². The summed E-state index contributed by atoms with van der Waals surface area (Å²) in [6.45, 7) is 9.66. The summed E-state index contributed by atoms with van der Waals surface area (Å²) >= 11 is 0. The number of unbranched alkanes of at least 4 members (excludes halogenated alkanes) is 53. The molecule has 612 valence electrons. The third-order valence-electron chi connectivity index (χ3n) is 19.7.